The van der Waals surface area contributed by atoms with Crippen molar-refractivity contribution in [1.29, 1.82) is 0 Å². The van der Waals surface area contributed by atoms with Crippen molar-refractivity contribution in [2.45, 2.75) is 6.92 Å². The summed E-state index contributed by atoms with van der Waals surface area (Å²) >= 11 is 0. The molecule has 0 radical (unpaired) electrons. The van der Waals surface area contributed by atoms with Gasteiger partial charge >= 0.3 is 0 Å². The first-order valence-electron chi connectivity index (χ1n) is 8.59. The number of aryl methyl sites for hydroxylation is 1. The maximum atomic E-state index is 12.4. The predicted molar refractivity (Wildman–Crippen MR) is 102 cm³/mol. The highest BCUT2D eigenvalue weighted by molar-refractivity contribution is 5.91. The summed E-state index contributed by atoms with van der Waals surface area (Å²) in [4.78, 5) is 21.1. The topological polar surface area (TPSA) is 94.0 Å². The third kappa shape index (κ3) is 4.29. The number of nitrogens with zero attached hydrogens (tertiary/aromatic N) is 4. The molecule has 0 atom stereocenters. The molecule has 0 bridgehead atoms. The van der Waals surface area contributed by atoms with Crippen LogP contribution in [0.1, 0.15) is 16.2 Å². The Hall–Kier alpha value is -3.26. The molecule has 0 aliphatic rings. The van der Waals surface area contributed by atoms with Crippen molar-refractivity contribution in [2.75, 3.05) is 27.2 Å². The normalized spacial score (nSPS) is 10.6. The van der Waals surface area contributed by atoms with Gasteiger partial charge in [0.25, 0.3) is 5.91 Å². The van der Waals surface area contributed by atoms with Gasteiger partial charge in [-0.2, -0.15) is 0 Å². The highest BCUT2D eigenvalue weighted by Crippen LogP contribution is 2.22. The van der Waals surface area contributed by atoms with Crippen LogP contribution in [0.3, 0.4) is 0 Å². The lowest BCUT2D eigenvalue weighted by atomic mass is 10.1. The fourth-order valence-corrected chi connectivity index (χ4v) is 2.48. The molecule has 2 N–H and O–H groups in total. The molecule has 2 heterocycles. The molecule has 0 unspecified atom stereocenters. The SMILES string of the molecule is CNCCNC(=O)c1nc(-c2ccc(C)cc2)n(-c2ccc(OC)nc2)n1. The molecule has 0 spiro atoms. The van der Waals surface area contributed by atoms with Crippen LogP contribution < -0.4 is 15.4 Å². The van der Waals surface area contributed by atoms with Crippen LogP contribution in [0, 0.1) is 6.92 Å². The average Bonchev–Trinajstić information content (AvgIpc) is 3.14. The number of methoxy groups -OCH3 is 1. The van der Waals surface area contributed by atoms with Gasteiger partial charge in [-0.05, 0) is 20.0 Å². The zero-order chi connectivity index (χ0) is 19.2. The Balaban J connectivity index is 2.00. The third-order valence-corrected chi connectivity index (χ3v) is 3.96. The van der Waals surface area contributed by atoms with Gasteiger partial charge < -0.3 is 15.4 Å². The summed E-state index contributed by atoms with van der Waals surface area (Å²) in [5.74, 6) is 0.859. The van der Waals surface area contributed by atoms with Gasteiger partial charge in [0.1, 0.15) is 0 Å². The van der Waals surface area contributed by atoms with Gasteiger partial charge in [0.2, 0.25) is 11.7 Å². The Morgan fingerprint density at radius 1 is 1.15 bits per heavy atom. The minimum atomic E-state index is -0.321. The summed E-state index contributed by atoms with van der Waals surface area (Å²) in [7, 11) is 3.38. The lowest BCUT2D eigenvalue weighted by molar-refractivity contribution is 0.0944. The van der Waals surface area contributed by atoms with Gasteiger partial charge in [0, 0.05) is 24.7 Å². The number of carbonyl (C=O) groups excluding carboxylic acids is 1. The second-order valence-electron chi connectivity index (χ2n) is 5.96. The zero-order valence-electron chi connectivity index (χ0n) is 15.6. The number of nitrogens with one attached hydrogen (secondary N) is 2. The lowest BCUT2D eigenvalue weighted by Gasteiger charge is -2.06. The lowest BCUT2D eigenvalue weighted by Crippen LogP contribution is -2.31. The van der Waals surface area contributed by atoms with Crippen LogP contribution in [-0.2, 0) is 0 Å². The van der Waals surface area contributed by atoms with Gasteiger partial charge in [-0.15, -0.1) is 5.10 Å². The van der Waals surface area contributed by atoms with E-state index in [0.717, 1.165) is 11.1 Å². The molecule has 1 aromatic carbocycles. The fraction of sp³-hybridized carbons (Fsp3) is 0.263. The molecule has 27 heavy (non-hydrogen) atoms. The fourth-order valence-electron chi connectivity index (χ4n) is 2.48. The molecule has 0 saturated carbocycles. The first-order chi connectivity index (χ1) is 13.1. The molecule has 1 amide bonds. The number of amides is 1. The van der Waals surface area contributed by atoms with Crippen LogP contribution in [0.5, 0.6) is 5.88 Å². The molecule has 0 aliphatic carbocycles. The van der Waals surface area contributed by atoms with Crippen molar-refractivity contribution in [3.63, 3.8) is 0 Å². The van der Waals surface area contributed by atoms with Crippen molar-refractivity contribution >= 4 is 5.91 Å². The molecular weight excluding hydrogens is 344 g/mol. The number of pyridine rings is 1. The van der Waals surface area contributed by atoms with Crippen molar-refractivity contribution in [2.24, 2.45) is 0 Å². The standard InChI is InChI=1S/C19H22N6O2/c1-13-4-6-14(7-5-13)18-23-17(19(26)21-11-10-20-2)24-25(18)15-8-9-16(27-3)22-12-15/h4-9,12,20H,10-11H2,1-3H3,(H,21,26). The van der Waals surface area contributed by atoms with E-state index in [9.17, 15) is 4.79 Å². The molecular formula is C19H22N6O2. The highest BCUT2D eigenvalue weighted by Gasteiger charge is 2.18. The van der Waals surface area contributed by atoms with Crippen LogP contribution >= 0.6 is 0 Å². The van der Waals surface area contributed by atoms with Gasteiger partial charge in [0.15, 0.2) is 5.82 Å². The maximum Gasteiger partial charge on any atom is 0.291 e. The van der Waals surface area contributed by atoms with Crippen LogP contribution in [0.25, 0.3) is 17.1 Å². The summed E-state index contributed by atoms with van der Waals surface area (Å²) < 4.78 is 6.72. The first-order valence-corrected chi connectivity index (χ1v) is 8.59. The monoisotopic (exact) mass is 366 g/mol. The Morgan fingerprint density at radius 2 is 1.93 bits per heavy atom. The average molecular weight is 366 g/mol. The van der Waals surface area contributed by atoms with Crippen LogP contribution in [0.2, 0.25) is 0 Å². The molecule has 8 heteroatoms. The van der Waals surface area contributed by atoms with E-state index >= 15 is 0 Å². The van der Waals surface area contributed by atoms with Crippen molar-refractivity contribution in [1.82, 2.24) is 30.4 Å². The summed E-state index contributed by atoms with van der Waals surface area (Å²) in [6.07, 6.45) is 1.63. The zero-order valence-corrected chi connectivity index (χ0v) is 15.6. The Morgan fingerprint density at radius 3 is 2.56 bits per heavy atom. The van der Waals surface area contributed by atoms with Gasteiger partial charge in [0.05, 0.1) is 19.0 Å². The number of ether oxygens (including phenoxy) is 1. The Bertz CT molecular complexity index is 903. The number of hydrogen-bond donors (Lipinski definition) is 2. The maximum absolute atomic E-state index is 12.4. The summed E-state index contributed by atoms with van der Waals surface area (Å²) in [5, 5.41) is 10.2. The van der Waals surface area contributed by atoms with E-state index in [1.165, 1.54) is 0 Å². The number of rotatable bonds is 7. The highest BCUT2D eigenvalue weighted by atomic mass is 16.5. The minimum Gasteiger partial charge on any atom is -0.481 e. The van der Waals surface area contributed by atoms with Gasteiger partial charge in [-0.25, -0.2) is 14.6 Å². The summed E-state index contributed by atoms with van der Waals surface area (Å²) in [6, 6.07) is 11.5. The predicted octanol–water partition coefficient (Wildman–Crippen LogP) is 1.60. The van der Waals surface area contributed by atoms with Crippen molar-refractivity contribution in [3.05, 3.63) is 54.0 Å². The van der Waals surface area contributed by atoms with Crippen LogP contribution in [0.15, 0.2) is 42.6 Å². The largest absolute Gasteiger partial charge is 0.481 e. The number of benzene rings is 1. The quantitative estimate of drug-likeness (QED) is 0.617. The van der Waals surface area contributed by atoms with Crippen molar-refractivity contribution in [3.8, 4) is 23.0 Å². The molecule has 140 valence electrons. The molecule has 3 rings (SSSR count). The Labute approximate surface area is 157 Å². The number of hydrogen-bond acceptors (Lipinski definition) is 6. The third-order valence-electron chi connectivity index (χ3n) is 3.96. The molecule has 0 aliphatic heterocycles. The summed E-state index contributed by atoms with van der Waals surface area (Å²) in [5.41, 5.74) is 2.69. The number of carbonyl (C=O) groups is 1. The van der Waals surface area contributed by atoms with Crippen LogP contribution in [0.4, 0.5) is 0 Å². The second-order valence-corrected chi connectivity index (χ2v) is 5.96. The molecule has 8 nitrogen and oxygen atoms in total. The number of likely N-dealkylation sites (N-methyl/N-ethyl adjacent to an activating group) is 1. The Kier molecular flexibility index (Phi) is 5.77. The number of aromatic nitrogens is 4. The van der Waals surface area contributed by atoms with E-state index < -0.39 is 0 Å². The van der Waals surface area contributed by atoms with Crippen molar-refractivity contribution < 1.29 is 9.53 Å². The minimum absolute atomic E-state index is 0.109. The van der Waals surface area contributed by atoms with E-state index in [-0.39, 0.29) is 11.7 Å². The van der Waals surface area contributed by atoms with E-state index in [1.807, 2.05) is 44.3 Å². The molecule has 0 fully saturated rings. The van der Waals surface area contributed by atoms with Gasteiger partial charge in [-0.3, -0.25) is 4.79 Å². The summed E-state index contributed by atoms with van der Waals surface area (Å²) in [6.45, 7) is 3.18. The molecule has 0 saturated heterocycles. The van der Waals surface area contributed by atoms with E-state index in [2.05, 4.69) is 25.7 Å². The first kappa shape index (κ1) is 18.5. The van der Waals surface area contributed by atoms with E-state index in [1.54, 1.807) is 24.1 Å². The smallest absolute Gasteiger partial charge is 0.291 e. The molecule has 2 aromatic heterocycles. The van der Waals surface area contributed by atoms with E-state index in [4.69, 9.17) is 4.74 Å². The van der Waals surface area contributed by atoms with Gasteiger partial charge in [-0.1, -0.05) is 29.8 Å². The second kappa shape index (κ2) is 8.41. The molecule has 3 aromatic rings. The van der Waals surface area contributed by atoms with Crippen LogP contribution in [-0.4, -0.2) is 52.9 Å². The van der Waals surface area contributed by atoms with E-state index in [0.29, 0.717) is 30.5 Å².